The van der Waals surface area contributed by atoms with Crippen molar-refractivity contribution < 1.29 is 4.42 Å². The minimum atomic E-state index is 0.894. The van der Waals surface area contributed by atoms with Crippen LogP contribution in [0.15, 0.2) is 247 Å². The summed E-state index contributed by atoms with van der Waals surface area (Å²) in [5.41, 5.74) is 15.6. The second kappa shape index (κ2) is 15.5. The molecule has 0 aliphatic rings. The van der Waals surface area contributed by atoms with E-state index in [4.69, 9.17) is 4.42 Å². The highest BCUT2D eigenvalue weighted by Crippen LogP contribution is 2.44. The molecule has 0 atom stereocenters. The lowest BCUT2D eigenvalue weighted by molar-refractivity contribution is 0.673. The Labute approximate surface area is 396 Å². The van der Waals surface area contributed by atoms with Gasteiger partial charge in [-0.05, 0) is 118 Å². The number of hydrogen-bond acceptors (Lipinski definition) is 3. The van der Waals surface area contributed by atoms with E-state index in [9.17, 15) is 0 Å². The van der Waals surface area contributed by atoms with Crippen molar-refractivity contribution in [3.8, 4) is 39.1 Å². The van der Waals surface area contributed by atoms with E-state index in [2.05, 4.69) is 252 Å². The molecule has 0 N–H and O–H groups in total. The van der Waals surface area contributed by atoms with Crippen LogP contribution in [0.1, 0.15) is 0 Å². The van der Waals surface area contributed by atoms with Gasteiger partial charge in [-0.1, -0.05) is 158 Å². The minimum absolute atomic E-state index is 0.894. The lowest BCUT2D eigenvalue weighted by Crippen LogP contribution is -2.09. The fourth-order valence-electron chi connectivity index (χ4n) is 10.6. The summed E-state index contributed by atoms with van der Waals surface area (Å²) in [5.74, 6) is 0. The summed E-state index contributed by atoms with van der Waals surface area (Å²) < 4.78 is 11.6. The predicted molar refractivity (Wildman–Crippen MR) is 289 cm³/mol. The minimum Gasteiger partial charge on any atom is -0.455 e. The van der Waals surface area contributed by atoms with Crippen LogP contribution < -0.4 is 4.90 Å². The molecule has 0 fully saturated rings. The average Bonchev–Trinajstić information content (AvgIpc) is 4.09. The Balaban J connectivity index is 0.874. The van der Waals surface area contributed by atoms with Crippen LogP contribution in [-0.2, 0) is 0 Å². The molecule has 14 rings (SSSR count). The molecule has 68 heavy (non-hydrogen) atoms. The van der Waals surface area contributed by atoms with Gasteiger partial charge in [-0.3, -0.25) is 0 Å². The van der Waals surface area contributed by atoms with Gasteiger partial charge in [0.1, 0.15) is 11.2 Å². The lowest BCUT2D eigenvalue weighted by Gasteiger charge is -2.26. The largest absolute Gasteiger partial charge is 0.455 e. The number of benzene rings is 11. The van der Waals surface area contributed by atoms with Crippen molar-refractivity contribution >= 4 is 103 Å². The molecule has 3 nitrogen and oxygen atoms in total. The van der Waals surface area contributed by atoms with Crippen molar-refractivity contribution in [1.82, 2.24) is 4.57 Å². The summed E-state index contributed by atoms with van der Waals surface area (Å²) in [4.78, 5) is 2.37. The van der Waals surface area contributed by atoms with E-state index in [1.165, 1.54) is 64.1 Å². The molecule has 0 aliphatic heterocycles. The zero-order chi connectivity index (χ0) is 44.7. The molecule has 4 heteroatoms. The van der Waals surface area contributed by atoms with Gasteiger partial charge >= 0.3 is 0 Å². The Morgan fingerprint density at radius 1 is 0.353 bits per heavy atom. The molecule has 0 amide bonds. The smallest absolute Gasteiger partial charge is 0.143 e. The number of thiophene rings is 1. The number of furan rings is 1. The van der Waals surface area contributed by atoms with Gasteiger partial charge in [-0.2, -0.15) is 0 Å². The number of nitrogens with zero attached hydrogens (tertiary/aromatic N) is 2. The van der Waals surface area contributed by atoms with Crippen LogP contribution in [0.5, 0.6) is 0 Å². The first-order valence-electron chi connectivity index (χ1n) is 23.2. The van der Waals surface area contributed by atoms with Gasteiger partial charge in [0, 0.05) is 69.7 Å². The first-order valence-corrected chi connectivity index (χ1v) is 24.0. The van der Waals surface area contributed by atoms with Crippen molar-refractivity contribution in [2.24, 2.45) is 0 Å². The summed E-state index contributed by atoms with van der Waals surface area (Å²) in [6, 6.07) is 88.2. The van der Waals surface area contributed by atoms with Crippen LogP contribution >= 0.6 is 11.3 Å². The molecule has 318 valence electrons. The number of fused-ring (bicyclic) bond motifs is 11. The monoisotopic (exact) mass is 884 g/mol. The summed E-state index contributed by atoms with van der Waals surface area (Å²) in [6.45, 7) is 0. The molecule has 0 bridgehead atoms. The lowest BCUT2D eigenvalue weighted by atomic mass is 9.97. The molecule has 0 unspecified atom stereocenters. The average molecular weight is 885 g/mol. The quantitative estimate of drug-likeness (QED) is 0.159. The highest BCUT2D eigenvalue weighted by atomic mass is 32.1. The normalized spacial score (nSPS) is 11.8. The second-order valence-corrected chi connectivity index (χ2v) is 18.7. The molecule has 11 aromatic carbocycles. The van der Waals surface area contributed by atoms with Gasteiger partial charge in [0.15, 0.2) is 0 Å². The molecular formula is C64H40N2OS. The fraction of sp³-hybridized carbons (Fsp3) is 0. The molecule has 3 heterocycles. The topological polar surface area (TPSA) is 21.3 Å². The van der Waals surface area contributed by atoms with Crippen LogP contribution in [0.3, 0.4) is 0 Å². The molecule has 0 saturated carbocycles. The van der Waals surface area contributed by atoms with Gasteiger partial charge in [0.2, 0.25) is 0 Å². The van der Waals surface area contributed by atoms with Crippen LogP contribution in [0, 0.1) is 0 Å². The number of hydrogen-bond donors (Lipinski definition) is 0. The zero-order valence-electron chi connectivity index (χ0n) is 36.8. The summed E-state index contributed by atoms with van der Waals surface area (Å²) in [5, 5.41) is 9.70. The maximum absolute atomic E-state index is 6.58. The van der Waals surface area contributed by atoms with E-state index < -0.39 is 0 Å². The number of rotatable bonds is 7. The van der Waals surface area contributed by atoms with Gasteiger partial charge in [0.05, 0.1) is 16.7 Å². The van der Waals surface area contributed by atoms with Crippen molar-refractivity contribution in [3.05, 3.63) is 243 Å². The van der Waals surface area contributed by atoms with Crippen LogP contribution in [-0.4, -0.2) is 4.57 Å². The number of anilines is 3. The van der Waals surface area contributed by atoms with E-state index in [0.717, 1.165) is 66.8 Å². The Hall–Kier alpha value is -8.70. The van der Waals surface area contributed by atoms with Gasteiger partial charge in [0.25, 0.3) is 0 Å². The summed E-state index contributed by atoms with van der Waals surface area (Å²) >= 11 is 1.86. The van der Waals surface area contributed by atoms with Crippen molar-refractivity contribution in [2.75, 3.05) is 4.90 Å². The Morgan fingerprint density at radius 2 is 0.897 bits per heavy atom. The number of para-hydroxylation sites is 3. The molecule has 0 radical (unpaired) electrons. The van der Waals surface area contributed by atoms with E-state index in [1.807, 2.05) is 11.3 Å². The van der Waals surface area contributed by atoms with Crippen LogP contribution in [0.4, 0.5) is 17.1 Å². The van der Waals surface area contributed by atoms with Gasteiger partial charge in [-0.25, -0.2) is 0 Å². The zero-order valence-corrected chi connectivity index (χ0v) is 37.6. The second-order valence-electron chi connectivity index (χ2n) is 17.6. The van der Waals surface area contributed by atoms with Gasteiger partial charge < -0.3 is 13.9 Å². The third kappa shape index (κ3) is 6.12. The third-order valence-corrected chi connectivity index (χ3v) is 15.0. The molecule has 0 saturated heterocycles. The third-order valence-electron chi connectivity index (χ3n) is 13.8. The maximum Gasteiger partial charge on any atom is 0.143 e. The SMILES string of the molecule is c1ccc(-n2c3ccccc3c3ccccc32)c(-c2ccc(N(c3ccc(-c4ccc5sc6ccccc6c5c4)cc3)c3ccc(-c4cccc5oc6c7ccccc7ccc6c45)cc3)cc2)c1. The molecule has 14 aromatic rings. The van der Waals surface area contributed by atoms with Gasteiger partial charge in [-0.15, -0.1) is 11.3 Å². The standard InChI is InChI=1S/C64H40N2OS/c1-2-14-51-42(12-1)30-38-55-63-50(18-11-22-60(63)67-64(51)55)44-28-36-48(37-29-44)65(46-32-24-41(25-33-46)45-31-39-62-56(40-45)54-17-6-10-23-61(54)68-62)47-34-26-43(27-35-47)49-13-3-7-19-57(49)66-58-20-8-4-15-52(58)53-16-5-9-21-59(53)66/h1-40H. The molecule has 3 aromatic heterocycles. The maximum atomic E-state index is 6.58. The Bertz CT molecular complexity index is 4200. The van der Waals surface area contributed by atoms with Crippen LogP contribution in [0.25, 0.3) is 114 Å². The van der Waals surface area contributed by atoms with E-state index in [-0.39, 0.29) is 0 Å². The van der Waals surface area contributed by atoms with Crippen molar-refractivity contribution in [1.29, 1.82) is 0 Å². The first kappa shape index (κ1) is 38.6. The Morgan fingerprint density at radius 3 is 1.62 bits per heavy atom. The molecule has 0 aliphatic carbocycles. The molecule has 0 spiro atoms. The van der Waals surface area contributed by atoms with Crippen molar-refractivity contribution in [2.45, 2.75) is 0 Å². The fourth-order valence-corrected chi connectivity index (χ4v) is 11.7. The highest BCUT2D eigenvalue weighted by molar-refractivity contribution is 7.25. The van der Waals surface area contributed by atoms with E-state index in [0.29, 0.717) is 0 Å². The highest BCUT2D eigenvalue weighted by Gasteiger charge is 2.19. The summed E-state index contributed by atoms with van der Waals surface area (Å²) in [6.07, 6.45) is 0. The van der Waals surface area contributed by atoms with E-state index >= 15 is 0 Å². The van der Waals surface area contributed by atoms with Crippen molar-refractivity contribution in [3.63, 3.8) is 0 Å². The molecular weight excluding hydrogens is 845 g/mol. The van der Waals surface area contributed by atoms with E-state index in [1.54, 1.807) is 0 Å². The number of aromatic nitrogens is 1. The summed E-state index contributed by atoms with van der Waals surface area (Å²) in [7, 11) is 0. The first-order chi connectivity index (χ1) is 33.7. The Kier molecular flexibility index (Phi) is 8.76. The van der Waals surface area contributed by atoms with Crippen LogP contribution in [0.2, 0.25) is 0 Å². The predicted octanol–water partition coefficient (Wildman–Crippen LogP) is 18.7.